The van der Waals surface area contributed by atoms with Crippen LogP contribution in [0.25, 0.3) is 6.08 Å². The third-order valence-corrected chi connectivity index (χ3v) is 4.54. The molecule has 0 unspecified atom stereocenters. The lowest BCUT2D eigenvalue weighted by atomic mass is 9.77. The van der Waals surface area contributed by atoms with Crippen molar-refractivity contribution in [2.24, 2.45) is 0 Å². The molecule has 1 heterocycles. The molecule has 0 aromatic heterocycles. The van der Waals surface area contributed by atoms with Gasteiger partial charge in [-0.25, -0.2) is 0 Å². The number of nitrogens with one attached hydrogen (secondary N) is 1. The summed E-state index contributed by atoms with van der Waals surface area (Å²) in [6.45, 7) is 13.0. The van der Waals surface area contributed by atoms with Crippen molar-refractivity contribution < 1.29 is 14.0 Å². The van der Waals surface area contributed by atoms with Gasteiger partial charge in [-0.15, -0.1) is 0 Å². The summed E-state index contributed by atoms with van der Waals surface area (Å²) in [4.78, 5) is 0. The van der Waals surface area contributed by atoms with Crippen molar-refractivity contribution in [1.82, 2.24) is 5.32 Å². The number of ether oxygens (including phenoxy) is 1. The largest absolute Gasteiger partial charge is 0.491 e. The first-order valence-corrected chi connectivity index (χ1v) is 8.62. The van der Waals surface area contributed by atoms with E-state index >= 15 is 0 Å². The van der Waals surface area contributed by atoms with Gasteiger partial charge in [-0.1, -0.05) is 18.2 Å². The summed E-state index contributed by atoms with van der Waals surface area (Å²) in [5.41, 5.74) is 1.51. The average molecular weight is 331 g/mol. The highest BCUT2D eigenvalue weighted by atomic mass is 16.7. The lowest BCUT2D eigenvalue weighted by molar-refractivity contribution is 0.00578. The molecule has 1 N–H and O–H groups in total. The van der Waals surface area contributed by atoms with Gasteiger partial charge in [0.25, 0.3) is 0 Å². The van der Waals surface area contributed by atoms with E-state index in [0.717, 1.165) is 16.8 Å². The van der Waals surface area contributed by atoms with Crippen molar-refractivity contribution in [3.63, 3.8) is 0 Å². The van der Waals surface area contributed by atoms with Gasteiger partial charge in [0.2, 0.25) is 0 Å². The Hall–Kier alpha value is -1.30. The van der Waals surface area contributed by atoms with Gasteiger partial charge < -0.3 is 19.4 Å². The summed E-state index contributed by atoms with van der Waals surface area (Å²) >= 11 is 0. The van der Waals surface area contributed by atoms with Gasteiger partial charge >= 0.3 is 7.12 Å². The Balaban J connectivity index is 2.20. The smallest absolute Gasteiger partial charge is 0.491 e. The van der Waals surface area contributed by atoms with Gasteiger partial charge in [0, 0.05) is 6.54 Å². The van der Waals surface area contributed by atoms with Crippen LogP contribution in [0.3, 0.4) is 0 Å². The van der Waals surface area contributed by atoms with E-state index in [1.54, 1.807) is 0 Å². The van der Waals surface area contributed by atoms with Crippen LogP contribution >= 0.6 is 0 Å². The lowest BCUT2D eigenvalue weighted by Crippen LogP contribution is -2.41. The summed E-state index contributed by atoms with van der Waals surface area (Å²) in [5, 5.41) is 3.20. The van der Waals surface area contributed by atoms with Crippen LogP contribution in [-0.4, -0.2) is 38.0 Å². The van der Waals surface area contributed by atoms with Gasteiger partial charge in [0.15, 0.2) is 0 Å². The predicted octanol–water partition coefficient (Wildman–Crippen LogP) is 3.71. The molecule has 0 spiro atoms. The molecule has 1 aliphatic heterocycles. The van der Waals surface area contributed by atoms with E-state index in [2.05, 4.69) is 51.2 Å². The molecule has 0 radical (unpaired) electrons. The Labute approximate surface area is 146 Å². The Kier molecular flexibility index (Phi) is 5.79. The molecule has 5 heteroatoms. The number of benzene rings is 1. The second-order valence-electron chi connectivity index (χ2n) is 7.57. The Morgan fingerprint density at radius 2 is 1.67 bits per heavy atom. The van der Waals surface area contributed by atoms with Crippen molar-refractivity contribution in [3.05, 3.63) is 35.3 Å². The van der Waals surface area contributed by atoms with Gasteiger partial charge in [0.1, 0.15) is 5.75 Å². The molecular formula is C19H30BNO3. The first-order valence-electron chi connectivity index (χ1n) is 8.62. The third kappa shape index (κ3) is 4.41. The first kappa shape index (κ1) is 19.0. The van der Waals surface area contributed by atoms with Crippen LogP contribution in [0.2, 0.25) is 0 Å². The zero-order chi connectivity index (χ0) is 18.0. The standard InChI is InChI=1S/C19H30BNO3/c1-14(2)22-17-10-8-15(9-11-17)12-16(13-21-7)20-23-18(3,4)19(5,6)24-20/h8-12,14,21H,13H2,1-7H3. The minimum Gasteiger partial charge on any atom is -0.491 e. The minimum absolute atomic E-state index is 0.177. The van der Waals surface area contributed by atoms with E-state index in [1.807, 2.05) is 33.0 Å². The second-order valence-corrected chi connectivity index (χ2v) is 7.57. The van der Waals surface area contributed by atoms with E-state index in [1.165, 1.54) is 0 Å². The fourth-order valence-corrected chi connectivity index (χ4v) is 2.53. The van der Waals surface area contributed by atoms with Crippen molar-refractivity contribution in [1.29, 1.82) is 0 Å². The fourth-order valence-electron chi connectivity index (χ4n) is 2.53. The van der Waals surface area contributed by atoms with Crippen LogP contribution in [0.5, 0.6) is 5.75 Å². The lowest BCUT2D eigenvalue weighted by Gasteiger charge is -2.32. The number of hydrogen-bond acceptors (Lipinski definition) is 4. The van der Waals surface area contributed by atoms with Gasteiger partial charge in [-0.3, -0.25) is 0 Å². The molecule has 1 fully saturated rings. The fraction of sp³-hybridized carbons (Fsp3) is 0.579. The molecular weight excluding hydrogens is 301 g/mol. The monoisotopic (exact) mass is 331 g/mol. The molecule has 0 aliphatic carbocycles. The molecule has 0 amide bonds. The van der Waals surface area contributed by atoms with Crippen molar-refractivity contribution in [2.75, 3.05) is 13.6 Å². The Bertz CT molecular complexity index is 563. The SMILES string of the molecule is CNCC(=Cc1ccc(OC(C)C)cc1)B1OC(C)(C)C(C)(C)O1. The maximum atomic E-state index is 6.17. The van der Waals surface area contributed by atoms with E-state index in [0.29, 0.717) is 6.54 Å². The molecule has 2 rings (SSSR count). The average Bonchev–Trinajstić information content (AvgIpc) is 2.68. The molecule has 1 saturated heterocycles. The second kappa shape index (κ2) is 7.30. The predicted molar refractivity (Wildman–Crippen MR) is 100 cm³/mol. The molecule has 1 aromatic rings. The first-order chi connectivity index (χ1) is 11.1. The molecule has 1 aliphatic rings. The topological polar surface area (TPSA) is 39.7 Å². The van der Waals surface area contributed by atoms with Gasteiger partial charge in [0.05, 0.1) is 17.3 Å². The highest BCUT2D eigenvalue weighted by molar-refractivity contribution is 6.55. The maximum absolute atomic E-state index is 6.17. The molecule has 24 heavy (non-hydrogen) atoms. The number of hydrogen-bond donors (Lipinski definition) is 1. The van der Waals surface area contributed by atoms with E-state index in [9.17, 15) is 0 Å². The van der Waals surface area contributed by atoms with Crippen LogP contribution in [0, 0.1) is 0 Å². The quantitative estimate of drug-likeness (QED) is 0.807. The van der Waals surface area contributed by atoms with Crippen LogP contribution in [0.1, 0.15) is 47.1 Å². The van der Waals surface area contributed by atoms with E-state index < -0.39 is 0 Å². The van der Waals surface area contributed by atoms with Crippen LogP contribution < -0.4 is 10.1 Å². The van der Waals surface area contributed by atoms with Crippen LogP contribution in [0.4, 0.5) is 0 Å². The molecule has 4 nitrogen and oxygen atoms in total. The molecule has 0 saturated carbocycles. The zero-order valence-corrected chi connectivity index (χ0v) is 16.0. The Morgan fingerprint density at radius 1 is 1.12 bits per heavy atom. The molecule has 0 bridgehead atoms. The van der Waals surface area contributed by atoms with E-state index in [-0.39, 0.29) is 24.4 Å². The minimum atomic E-state index is -0.339. The van der Waals surface area contributed by atoms with Gasteiger partial charge in [-0.2, -0.15) is 0 Å². The summed E-state index contributed by atoms with van der Waals surface area (Å²) in [6.07, 6.45) is 2.30. The highest BCUT2D eigenvalue weighted by Crippen LogP contribution is 2.38. The van der Waals surface area contributed by atoms with E-state index in [4.69, 9.17) is 14.0 Å². The molecule has 1 aromatic carbocycles. The molecule has 132 valence electrons. The summed E-state index contributed by atoms with van der Waals surface area (Å²) in [6, 6.07) is 8.09. The molecule has 0 atom stereocenters. The normalized spacial score (nSPS) is 19.8. The third-order valence-electron chi connectivity index (χ3n) is 4.54. The Morgan fingerprint density at radius 3 is 2.12 bits per heavy atom. The number of rotatable bonds is 6. The summed E-state index contributed by atoms with van der Waals surface area (Å²) in [7, 11) is 1.59. The van der Waals surface area contributed by atoms with Crippen molar-refractivity contribution in [2.45, 2.75) is 58.8 Å². The van der Waals surface area contributed by atoms with Crippen molar-refractivity contribution >= 4 is 13.2 Å². The van der Waals surface area contributed by atoms with Crippen LogP contribution in [0.15, 0.2) is 29.7 Å². The van der Waals surface area contributed by atoms with Gasteiger partial charge in [-0.05, 0) is 71.8 Å². The maximum Gasteiger partial charge on any atom is 0.491 e. The van der Waals surface area contributed by atoms with Crippen molar-refractivity contribution in [3.8, 4) is 5.75 Å². The number of likely N-dealkylation sites (N-methyl/N-ethyl adjacent to an activating group) is 1. The van der Waals surface area contributed by atoms with Crippen LogP contribution in [-0.2, 0) is 9.31 Å². The summed E-state index contributed by atoms with van der Waals surface area (Å²) in [5.74, 6) is 0.882. The highest BCUT2D eigenvalue weighted by Gasteiger charge is 2.52. The zero-order valence-electron chi connectivity index (χ0n) is 16.0. The summed E-state index contributed by atoms with van der Waals surface area (Å²) < 4.78 is 18.0.